The second-order valence-electron chi connectivity index (χ2n) is 7.58. The van der Waals surface area contributed by atoms with E-state index in [1.165, 1.54) is 4.31 Å². The number of carbonyl (C=O) groups is 1. The summed E-state index contributed by atoms with van der Waals surface area (Å²) < 4.78 is 27.3. The number of carbonyl (C=O) groups excluding carboxylic acids is 1. The van der Waals surface area contributed by atoms with Crippen LogP contribution in [0.5, 0.6) is 0 Å². The first-order chi connectivity index (χ1) is 13.8. The van der Waals surface area contributed by atoms with Crippen LogP contribution < -0.4 is 10.2 Å². The summed E-state index contributed by atoms with van der Waals surface area (Å²) in [5.74, 6) is 0.226. The first-order valence-electron chi connectivity index (χ1n) is 9.75. The van der Waals surface area contributed by atoms with Gasteiger partial charge < -0.3 is 10.2 Å². The van der Waals surface area contributed by atoms with E-state index in [-0.39, 0.29) is 12.5 Å². The second-order valence-corrected chi connectivity index (χ2v) is 9.93. The molecule has 6 nitrogen and oxygen atoms in total. The number of nitrogens with one attached hydrogen (secondary N) is 2. The third-order valence-corrected chi connectivity index (χ3v) is 7.42. The van der Waals surface area contributed by atoms with Gasteiger partial charge in [0.05, 0.1) is 41.8 Å². The van der Waals surface area contributed by atoms with Gasteiger partial charge in [0.25, 0.3) is 5.91 Å². The van der Waals surface area contributed by atoms with Crippen molar-refractivity contribution in [3.05, 3.63) is 59.1 Å². The number of nitrogens with zero attached hydrogens (tertiary/aromatic N) is 1. The molecule has 2 aromatic carbocycles. The van der Waals surface area contributed by atoms with Crippen LogP contribution in [0, 0.1) is 0 Å². The molecule has 8 heteroatoms. The number of piperazine rings is 1. The Morgan fingerprint density at radius 2 is 1.72 bits per heavy atom. The molecule has 0 atom stereocenters. The van der Waals surface area contributed by atoms with Crippen LogP contribution in [0.3, 0.4) is 0 Å². The van der Waals surface area contributed by atoms with Crippen LogP contribution in [0.25, 0.3) is 0 Å². The molecule has 29 heavy (non-hydrogen) atoms. The summed E-state index contributed by atoms with van der Waals surface area (Å²) in [5, 5.41) is 3.31. The Bertz CT molecular complexity index is 953. The molecule has 3 rings (SSSR count). The van der Waals surface area contributed by atoms with Crippen molar-refractivity contribution in [2.45, 2.75) is 24.7 Å². The number of para-hydroxylation sites is 1. The normalized spacial score (nSPS) is 16.1. The summed E-state index contributed by atoms with van der Waals surface area (Å²) in [7, 11) is -3.51. The van der Waals surface area contributed by atoms with Gasteiger partial charge in [-0.15, -0.1) is 0 Å². The number of hydrogen-bond donors (Lipinski definition) is 2. The van der Waals surface area contributed by atoms with Gasteiger partial charge in [0.1, 0.15) is 0 Å². The summed E-state index contributed by atoms with van der Waals surface area (Å²) in [6.45, 7) is 6.38. The van der Waals surface area contributed by atoms with Crippen LogP contribution in [0.15, 0.2) is 53.4 Å². The van der Waals surface area contributed by atoms with Crippen LogP contribution in [0.2, 0.25) is 5.02 Å². The molecule has 1 aliphatic heterocycles. The number of halogens is 1. The fourth-order valence-corrected chi connectivity index (χ4v) is 5.00. The topological polar surface area (TPSA) is 70.9 Å². The van der Waals surface area contributed by atoms with Gasteiger partial charge in [0.15, 0.2) is 6.54 Å². The van der Waals surface area contributed by atoms with Crippen molar-refractivity contribution in [3.63, 3.8) is 0 Å². The van der Waals surface area contributed by atoms with E-state index in [1.54, 1.807) is 30.3 Å². The van der Waals surface area contributed by atoms with Crippen molar-refractivity contribution >= 4 is 33.2 Å². The molecule has 0 spiro atoms. The lowest BCUT2D eigenvalue weighted by Crippen LogP contribution is -3.15. The van der Waals surface area contributed by atoms with Crippen molar-refractivity contribution < 1.29 is 18.1 Å². The van der Waals surface area contributed by atoms with Crippen LogP contribution in [0.4, 0.5) is 5.69 Å². The van der Waals surface area contributed by atoms with E-state index >= 15 is 0 Å². The Balaban J connectivity index is 1.55. The smallest absolute Gasteiger partial charge is 0.279 e. The Hall–Kier alpha value is -1.93. The third-order valence-electron chi connectivity index (χ3n) is 5.17. The molecule has 1 amide bonds. The first kappa shape index (κ1) is 21.8. The molecule has 0 bridgehead atoms. The van der Waals surface area contributed by atoms with Crippen LogP contribution in [-0.4, -0.2) is 51.4 Å². The quantitative estimate of drug-likeness (QED) is 0.727. The minimum atomic E-state index is -3.51. The zero-order valence-corrected chi connectivity index (χ0v) is 18.3. The van der Waals surface area contributed by atoms with Gasteiger partial charge in [-0.25, -0.2) is 8.42 Å². The predicted octanol–water partition coefficient (Wildman–Crippen LogP) is 1.99. The molecule has 156 valence electrons. The predicted molar refractivity (Wildman–Crippen MR) is 115 cm³/mol. The minimum Gasteiger partial charge on any atom is -0.325 e. The summed E-state index contributed by atoms with van der Waals surface area (Å²) in [6, 6.07) is 14.2. The standard InChI is InChI=1S/C21H26ClN3O3S/c1-16(2)17-7-9-18(10-8-17)29(27,28)25-13-11-24(12-14-25)15-21(26)23-20-6-4-3-5-19(20)22/h3-10,16H,11-15H2,1-2H3,(H,23,26)/p+1. The number of benzene rings is 2. The summed E-state index contributed by atoms with van der Waals surface area (Å²) in [4.78, 5) is 13.7. The lowest BCUT2D eigenvalue weighted by molar-refractivity contribution is -0.895. The second kappa shape index (κ2) is 9.26. The maximum absolute atomic E-state index is 12.9. The molecule has 1 aliphatic rings. The fraction of sp³-hybridized carbons (Fsp3) is 0.381. The Kier molecular flexibility index (Phi) is 6.95. The largest absolute Gasteiger partial charge is 0.325 e. The van der Waals surface area contributed by atoms with E-state index in [2.05, 4.69) is 19.2 Å². The summed E-state index contributed by atoms with van der Waals surface area (Å²) in [6.07, 6.45) is 0. The first-order valence-corrected chi connectivity index (χ1v) is 11.6. The Labute approximate surface area is 177 Å². The van der Waals surface area contributed by atoms with Gasteiger partial charge >= 0.3 is 0 Å². The number of amides is 1. The maximum Gasteiger partial charge on any atom is 0.279 e. The molecule has 2 N–H and O–H groups in total. The lowest BCUT2D eigenvalue weighted by Gasteiger charge is -2.31. The average Bonchev–Trinajstić information content (AvgIpc) is 2.70. The van der Waals surface area contributed by atoms with Crippen LogP contribution >= 0.6 is 11.6 Å². The SMILES string of the molecule is CC(C)c1ccc(S(=O)(=O)N2CC[NH+](CC(=O)Nc3ccccc3Cl)CC2)cc1. The van der Waals surface area contributed by atoms with Gasteiger partial charge in [0.2, 0.25) is 10.0 Å². The van der Waals surface area contributed by atoms with E-state index in [0.29, 0.717) is 47.7 Å². The zero-order chi connectivity index (χ0) is 21.0. The molecular weight excluding hydrogens is 410 g/mol. The van der Waals surface area contributed by atoms with Gasteiger partial charge in [-0.3, -0.25) is 4.79 Å². The van der Waals surface area contributed by atoms with Crippen molar-refractivity contribution in [2.24, 2.45) is 0 Å². The molecule has 2 aromatic rings. The lowest BCUT2D eigenvalue weighted by atomic mass is 10.0. The van der Waals surface area contributed by atoms with Gasteiger partial charge in [-0.05, 0) is 35.7 Å². The minimum absolute atomic E-state index is 0.131. The number of anilines is 1. The molecular formula is C21H27ClN3O3S+. The van der Waals surface area contributed by atoms with Crippen molar-refractivity contribution in [1.82, 2.24) is 4.31 Å². The number of quaternary nitrogens is 1. The van der Waals surface area contributed by atoms with Gasteiger partial charge in [-0.1, -0.05) is 49.7 Å². The molecule has 1 fully saturated rings. The van der Waals surface area contributed by atoms with E-state index in [9.17, 15) is 13.2 Å². The molecule has 0 saturated carbocycles. The molecule has 0 radical (unpaired) electrons. The van der Waals surface area contributed by atoms with Crippen LogP contribution in [-0.2, 0) is 14.8 Å². The Morgan fingerprint density at radius 3 is 2.31 bits per heavy atom. The van der Waals surface area contributed by atoms with Crippen molar-refractivity contribution in [1.29, 1.82) is 0 Å². The Morgan fingerprint density at radius 1 is 1.10 bits per heavy atom. The maximum atomic E-state index is 12.9. The summed E-state index contributed by atoms with van der Waals surface area (Å²) >= 11 is 6.07. The summed E-state index contributed by atoms with van der Waals surface area (Å²) in [5.41, 5.74) is 1.70. The van der Waals surface area contributed by atoms with Crippen LogP contribution in [0.1, 0.15) is 25.3 Å². The van der Waals surface area contributed by atoms with Crippen molar-refractivity contribution in [3.8, 4) is 0 Å². The highest BCUT2D eigenvalue weighted by Crippen LogP contribution is 2.21. The van der Waals surface area contributed by atoms with E-state index in [0.717, 1.165) is 10.5 Å². The highest BCUT2D eigenvalue weighted by atomic mass is 35.5. The monoisotopic (exact) mass is 436 g/mol. The molecule has 1 heterocycles. The van der Waals surface area contributed by atoms with Gasteiger partial charge in [0, 0.05) is 0 Å². The molecule has 0 unspecified atom stereocenters. The highest BCUT2D eigenvalue weighted by Gasteiger charge is 2.31. The fourth-order valence-electron chi connectivity index (χ4n) is 3.38. The average molecular weight is 437 g/mol. The molecule has 0 aromatic heterocycles. The van der Waals surface area contributed by atoms with Gasteiger partial charge in [-0.2, -0.15) is 4.31 Å². The third kappa shape index (κ3) is 5.36. The number of sulfonamides is 1. The molecule has 1 saturated heterocycles. The van der Waals surface area contributed by atoms with E-state index in [1.807, 2.05) is 18.2 Å². The zero-order valence-electron chi connectivity index (χ0n) is 16.7. The number of rotatable bonds is 6. The molecule has 0 aliphatic carbocycles. The van der Waals surface area contributed by atoms with E-state index in [4.69, 9.17) is 11.6 Å². The van der Waals surface area contributed by atoms with Crippen molar-refractivity contribution in [2.75, 3.05) is 38.0 Å². The number of hydrogen-bond acceptors (Lipinski definition) is 3. The highest BCUT2D eigenvalue weighted by molar-refractivity contribution is 7.89. The van der Waals surface area contributed by atoms with E-state index < -0.39 is 10.0 Å².